The van der Waals surface area contributed by atoms with Crippen molar-refractivity contribution in [1.82, 2.24) is 14.1 Å². The lowest BCUT2D eigenvalue weighted by Crippen LogP contribution is -2.25. The summed E-state index contributed by atoms with van der Waals surface area (Å²) in [6, 6.07) is 8.92. The lowest BCUT2D eigenvalue weighted by atomic mass is 9.99. The van der Waals surface area contributed by atoms with Crippen LogP contribution in [0.4, 0.5) is 5.69 Å². The summed E-state index contributed by atoms with van der Waals surface area (Å²) in [5, 5.41) is 0. The minimum atomic E-state index is -0.828. The number of carbonyl (C=O) groups is 4. The van der Waals surface area contributed by atoms with E-state index in [0.717, 1.165) is 9.13 Å². The summed E-state index contributed by atoms with van der Waals surface area (Å²) in [5.74, 6) is -2.95. The first kappa shape index (κ1) is 26.1. The Kier molecular flexibility index (Phi) is 6.30. The molecule has 12 nitrogen and oxygen atoms in total. The molecule has 2 aliphatic rings. The number of methoxy groups -OCH3 is 2. The first-order valence-corrected chi connectivity index (χ1v) is 11.9. The Hall–Kier alpha value is -5.52. The van der Waals surface area contributed by atoms with Gasteiger partial charge >= 0.3 is 11.9 Å². The third kappa shape index (κ3) is 3.85. The number of nitrogens with zero attached hydrogens (tertiary/aromatic N) is 3. The topological polar surface area (TPSA) is 166 Å². The lowest BCUT2D eigenvalue weighted by molar-refractivity contribution is 0.0577. The van der Waals surface area contributed by atoms with E-state index in [4.69, 9.17) is 19.6 Å². The number of aryl methyl sites for hydroxylation is 1. The van der Waals surface area contributed by atoms with Crippen LogP contribution in [0.5, 0.6) is 0 Å². The van der Waals surface area contributed by atoms with E-state index in [1.807, 2.05) is 0 Å². The van der Waals surface area contributed by atoms with Gasteiger partial charge in [0.05, 0.1) is 31.0 Å². The van der Waals surface area contributed by atoms with E-state index in [1.165, 1.54) is 63.9 Å². The second-order valence-electron chi connectivity index (χ2n) is 8.86. The fraction of sp³-hybridized carbons (Fsp3) is 0.143. The fourth-order valence-electron chi connectivity index (χ4n) is 4.49. The van der Waals surface area contributed by atoms with Gasteiger partial charge in [-0.15, -0.1) is 0 Å². The van der Waals surface area contributed by atoms with E-state index in [0.29, 0.717) is 5.56 Å². The van der Waals surface area contributed by atoms with Crippen LogP contribution in [0, 0.1) is 13.8 Å². The van der Waals surface area contributed by atoms with Crippen molar-refractivity contribution in [2.45, 2.75) is 13.8 Å². The number of nitrogens with two attached hydrogens (primary N) is 1. The maximum Gasteiger partial charge on any atom is 0.355 e. The Morgan fingerprint density at radius 3 is 2.02 bits per heavy atom. The Morgan fingerprint density at radius 1 is 0.875 bits per heavy atom. The predicted octanol–water partition coefficient (Wildman–Crippen LogP) is 3.05. The summed E-state index contributed by atoms with van der Waals surface area (Å²) in [4.78, 5) is 69.5. The van der Waals surface area contributed by atoms with Crippen LogP contribution in [0.3, 0.4) is 0 Å². The zero-order valence-electron chi connectivity index (χ0n) is 21.8. The Labute approximate surface area is 225 Å². The van der Waals surface area contributed by atoms with Crippen LogP contribution in [-0.2, 0) is 9.47 Å². The molecule has 0 radical (unpaired) electrons. The number of fused-ring (bicyclic) bond motifs is 2. The molecule has 1 aromatic carbocycles. The molecule has 0 spiro atoms. The molecular weight excluding hydrogens is 520 g/mol. The SMILES string of the molecule is COC(=O)c1cccn1C(=O)c1c2nc3c(C(=O)n4cccc4C(=O)OC)ccc(C)c3oc-2c(C)c(=O)c1N. The highest BCUT2D eigenvalue weighted by atomic mass is 16.5. The summed E-state index contributed by atoms with van der Waals surface area (Å²) in [7, 11) is 2.36. The number of nitrogen functional groups attached to an aromatic ring is 1. The van der Waals surface area contributed by atoms with Crippen LogP contribution in [0.25, 0.3) is 22.6 Å². The summed E-state index contributed by atoms with van der Waals surface area (Å²) in [5.41, 5.74) is 5.61. The molecule has 3 aromatic rings. The quantitative estimate of drug-likeness (QED) is 0.203. The molecule has 12 heteroatoms. The van der Waals surface area contributed by atoms with E-state index in [-0.39, 0.29) is 50.6 Å². The highest BCUT2D eigenvalue weighted by Gasteiger charge is 2.31. The van der Waals surface area contributed by atoms with E-state index in [2.05, 4.69) is 4.98 Å². The number of anilines is 1. The second kappa shape index (κ2) is 9.66. The molecule has 0 fully saturated rings. The van der Waals surface area contributed by atoms with E-state index in [1.54, 1.807) is 13.0 Å². The van der Waals surface area contributed by atoms with Crippen molar-refractivity contribution >= 4 is 40.5 Å². The summed E-state index contributed by atoms with van der Waals surface area (Å²) < 4.78 is 17.8. The molecule has 0 unspecified atom stereocenters. The van der Waals surface area contributed by atoms with Gasteiger partial charge in [0.15, 0.2) is 11.3 Å². The first-order valence-electron chi connectivity index (χ1n) is 11.9. The number of aromatic nitrogens is 3. The van der Waals surface area contributed by atoms with Crippen molar-refractivity contribution in [2.24, 2.45) is 0 Å². The van der Waals surface area contributed by atoms with Crippen molar-refractivity contribution in [3.05, 3.63) is 92.7 Å². The van der Waals surface area contributed by atoms with Gasteiger partial charge in [0.2, 0.25) is 5.43 Å². The maximum absolute atomic E-state index is 13.7. The first-order chi connectivity index (χ1) is 19.1. The number of benzene rings is 2. The number of rotatable bonds is 4. The third-order valence-corrected chi connectivity index (χ3v) is 6.57. The largest absolute Gasteiger partial charge is 0.464 e. The number of esters is 2. The average Bonchev–Trinajstić information content (AvgIpc) is 3.65. The molecule has 40 heavy (non-hydrogen) atoms. The molecule has 1 aliphatic carbocycles. The Balaban J connectivity index is 1.82. The molecule has 0 atom stereocenters. The van der Waals surface area contributed by atoms with E-state index < -0.39 is 34.9 Å². The highest BCUT2D eigenvalue weighted by Crippen LogP contribution is 2.35. The van der Waals surface area contributed by atoms with Gasteiger partial charge in [0.1, 0.15) is 22.6 Å². The van der Waals surface area contributed by atoms with Crippen LogP contribution in [0.1, 0.15) is 52.8 Å². The van der Waals surface area contributed by atoms with Gasteiger partial charge < -0.3 is 19.6 Å². The molecule has 0 saturated carbocycles. The van der Waals surface area contributed by atoms with Gasteiger partial charge in [-0.1, -0.05) is 6.07 Å². The smallest absolute Gasteiger partial charge is 0.355 e. The Bertz CT molecular complexity index is 1910. The van der Waals surface area contributed by atoms with Crippen molar-refractivity contribution in [1.29, 1.82) is 0 Å². The molecule has 3 heterocycles. The molecule has 0 saturated heterocycles. The number of hydrogen-bond donors (Lipinski definition) is 1. The van der Waals surface area contributed by atoms with Crippen LogP contribution < -0.4 is 11.2 Å². The molecular formula is C28H22N4O8. The van der Waals surface area contributed by atoms with E-state index >= 15 is 0 Å². The van der Waals surface area contributed by atoms with E-state index in [9.17, 15) is 24.0 Å². The number of carbonyl (C=O) groups excluding carboxylic acids is 4. The number of hydrogen-bond acceptors (Lipinski definition) is 10. The average molecular weight is 543 g/mol. The van der Waals surface area contributed by atoms with Gasteiger partial charge in [-0.25, -0.2) is 14.6 Å². The molecule has 2 aromatic heterocycles. The molecule has 5 rings (SSSR count). The molecule has 2 N–H and O–H groups in total. The molecule has 0 bridgehead atoms. The zero-order chi connectivity index (χ0) is 28.9. The second-order valence-corrected chi connectivity index (χ2v) is 8.86. The van der Waals surface area contributed by atoms with Gasteiger partial charge in [-0.3, -0.25) is 23.5 Å². The summed E-state index contributed by atoms with van der Waals surface area (Å²) in [6.45, 7) is 3.21. The molecule has 1 aliphatic heterocycles. The van der Waals surface area contributed by atoms with Crippen LogP contribution in [0.2, 0.25) is 0 Å². The van der Waals surface area contributed by atoms with Crippen molar-refractivity contribution in [2.75, 3.05) is 20.0 Å². The third-order valence-electron chi connectivity index (χ3n) is 6.57. The van der Waals surface area contributed by atoms with Gasteiger partial charge in [0.25, 0.3) is 11.8 Å². The zero-order valence-corrected chi connectivity index (χ0v) is 21.8. The van der Waals surface area contributed by atoms with Gasteiger partial charge in [0, 0.05) is 18.0 Å². The summed E-state index contributed by atoms with van der Waals surface area (Å²) in [6.07, 6.45) is 2.72. The van der Waals surface area contributed by atoms with Crippen molar-refractivity contribution in [3.63, 3.8) is 0 Å². The van der Waals surface area contributed by atoms with Gasteiger partial charge in [-0.2, -0.15) is 0 Å². The standard InChI is InChI=1S/C28H22N4O8/c1-13-9-10-15(25(34)31-11-5-7-16(31)27(36)38-3)20-23(13)40-24-14(2)22(33)19(29)18(21(24)30-20)26(35)32-12-6-8-17(32)28(37)39-4/h5-12H,29H2,1-4H3. The predicted molar refractivity (Wildman–Crippen MR) is 142 cm³/mol. The van der Waals surface area contributed by atoms with Crippen LogP contribution >= 0.6 is 0 Å². The van der Waals surface area contributed by atoms with Crippen LogP contribution in [0.15, 0.2) is 58.0 Å². The minimum absolute atomic E-state index is 0.00569. The van der Waals surface area contributed by atoms with Crippen LogP contribution in [-0.4, -0.2) is 52.1 Å². The number of ether oxygens (including phenoxy) is 2. The fourth-order valence-corrected chi connectivity index (χ4v) is 4.49. The monoisotopic (exact) mass is 542 g/mol. The molecule has 202 valence electrons. The Morgan fingerprint density at radius 2 is 1.45 bits per heavy atom. The summed E-state index contributed by atoms with van der Waals surface area (Å²) >= 11 is 0. The lowest BCUT2D eigenvalue weighted by Gasteiger charge is -2.17. The van der Waals surface area contributed by atoms with Gasteiger partial charge in [-0.05, 0) is 49.7 Å². The normalized spacial score (nSPS) is 11.1. The highest BCUT2D eigenvalue weighted by molar-refractivity contribution is 6.11. The van der Waals surface area contributed by atoms with Crippen molar-refractivity contribution in [3.8, 4) is 11.5 Å². The maximum atomic E-state index is 13.7. The van der Waals surface area contributed by atoms with Crippen molar-refractivity contribution < 1.29 is 33.1 Å². The minimum Gasteiger partial charge on any atom is -0.464 e. The molecule has 0 amide bonds.